The van der Waals surface area contributed by atoms with Crippen LogP contribution in [0.25, 0.3) is 38.0 Å². The lowest BCUT2D eigenvalue weighted by Gasteiger charge is -2.36. The summed E-state index contributed by atoms with van der Waals surface area (Å²) in [5, 5.41) is 6.53. The Hall–Kier alpha value is -4.34. The zero-order valence-corrected chi connectivity index (χ0v) is 24.2. The van der Waals surface area contributed by atoms with Crippen molar-refractivity contribution >= 4 is 39.1 Å². The number of carbonyl (C=O) groups is 1. The smallest absolute Gasteiger partial charge is 0.246 e. The van der Waals surface area contributed by atoms with E-state index in [4.69, 9.17) is 20.4 Å². The van der Waals surface area contributed by atoms with Crippen LogP contribution >= 0.6 is 11.3 Å². The maximum Gasteiger partial charge on any atom is 0.246 e. The van der Waals surface area contributed by atoms with Crippen LogP contribution < -0.4 is 15.8 Å². The molecule has 2 aromatic heterocycles. The highest BCUT2D eigenvalue weighted by Crippen LogP contribution is 2.44. The summed E-state index contributed by atoms with van der Waals surface area (Å²) in [4.78, 5) is 23.6. The minimum absolute atomic E-state index is 0.0456. The number of aliphatic imine (C=N–C) groups is 1. The van der Waals surface area contributed by atoms with Gasteiger partial charge in [0.05, 0.1) is 24.5 Å². The predicted molar refractivity (Wildman–Crippen MR) is 169 cm³/mol. The van der Waals surface area contributed by atoms with Gasteiger partial charge in [0.2, 0.25) is 5.91 Å². The molecule has 1 amide bonds. The van der Waals surface area contributed by atoms with Crippen LogP contribution in [0.4, 0.5) is 4.39 Å². The number of halogens is 1. The molecule has 1 saturated heterocycles. The molecule has 0 bridgehead atoms. The summed E-state index contributed by atoms with van der Waals surface area (Å²) in [6, 6.07) is 13.2. The van der Waals surface area contributed by atoms with Gasteiger partial charge in [-0.25, -0.2) is 9.37 Å². The Morgan fingerprint density at radius 2 is 2.00 bits per heavy atom. The average molecular weight is 582 g/mol. The summed E-state index contributed by atoms with van der Waals surface area (Å²) in [5.41, 5.74) is 13.6. The number of hydrogen-bond acceptors (Lipinski definition) is 7. The molecule has 0 spiro atoms. The number of nitrogens with zero attached hydrogens (tertiary/aromatic N) is 3. The number of amides is 1. The van der Waals surface area contributed by atoms with Crippen molar-refractivity contribution in [1.82, 2.24) is 15.2 Å². The number of nitrogens with one attached hydrogen (secondary N) is 1. The average Bonchev–Trinajstić information content (AvgIpc) is 3.35. The minimum Gasteiger partial charge on any atom is -0.496 e. The minimum atomic E-state index is -0.386. The fraction of sp³-hybridized carbons (Fsp3) is 0.242. The molecule has 6 rings (SSSR count). The number of methoxy groups -OCH3 is 1. The van der Waals surface area contributed by atoms with Crippen molar-refractivity contribution in [2.75, 3.05) is 33.3 Å². The second kappa shape index (κ2) is 11.9. The number of carbonyl (C=O) groups excluding carboxylic acids is 1. The summed E-state index contributed by atoms with van der Waals surface area (Å²) < 4.78 is 20.9. The Labute approximate surface area is 248 Å². The summed E-state index contributed by atoms with van der Waals surface area (Å²) >= 11 is 1.60. The zero-order chi connectivity index (χ0) is 29.2. The van der Waals surface area contributed by atoms with Crippen LogP contribution in [0.5, 0.6) is 5.75 Å². The van der Waals surface area contributed by atoms with E-state index < -0.39 is 0 Å². The molecular formula is C33H32FN5O2S. The van der Waals surface area contributed by atoms with Crippen molar-refractivity contribution in [2.24, 2.45) is 10.7 Å². The molecule has 2 aliphatic heterocycles. The predicted octanol–water partition coefficient (Wildman–Crippen LogP) is 5.23. The Bertz CT molecular complexity index is 1740. The fourth-order valence-electron chi connectivity index (χ4n) is 5.62. The number of allylic oxidation sites excluding steroid dienone is 1. The van der Waals surface area contributed by atoms with Crippen LogP contribution in [-0.4, -0.2) is 61.3 Å². The first-order valence-corrected chi connectivity index (χ1v) is 14.8. The third-order valence-corrected chi connectivity index (χ3v) is 8.82. The SMILES string of the molecule is C=CC(=O)N1CC(N=CC(=CN)c2nc(-c3ccc4c(c3)CCNCC4)c3ccsc3c2-c2ccc(F)cc2OC)C1. The maximum absolute atomic E-state index is 14.3. The molecule has 0 atom stereocenters. The van der Waals surface area contributed by atoms with E-state index in [0.29, 0.717) is 35.7 Å². The molecule has 2 aromatic carbocycles. The number of thiophene rings is 1. The summed E-state index contributed by atoms with van der Waals surface area (Å²) in [5.74, 6) is -0.0833. The Morgan fingerprint density at radius 3 is 2.76 bits per heavy atom. The molecule has 4 aromatic rings. The molecule has 7 nitrogen and oxygen atoms in total. The van der Waals surface area contributed by atoms with Gasteiger partial charge >= 0.3 is 0 Å². The number of aromatic nitrogens is 1. The molecule has 4 heterocycles. The second-order valence-corrected chi connectivity index (χ2v) is 11.3. The number of fused-ring (bicyclic) bond motifs is 2. The first kappa shape index (κ1) is 27.8. The zero-order valence-electron chi connectivity index (χ0n) is 23.4. The second-order valence-electron chi connectivity index (χ2n) is 10.4. The number of nitrogens with two attached hydrogens (primary N) is 1. The van der Waals surface area contributed by atoms with Gasteiger partial charge in [-0.2, -0.15) is 0 Å². The highest BCUT2D eigenvalue weighted by atomic mass is 32.1. The molecule has 0 aliphatic carbocycles. The van der Waals surface area contributed by atoms with Crippen LogP contribution in [0, 0.1) is 5.82 Å². The third kappa shape index (κ3) is 5.21. The number of rotatable bonds is 7. The fourth-order valence-corrected chi connectivity index (χ4v) is 6.58. The lowest BCUT2D eigenvalue weighted by Crippen LogP contribution is -2.52. The highest BCUT2D eigenvalue weighted by Gasteiger charge is 2.29. The van der Waals surface area contributed by atoms with Crippen molar-refractivity contribution in [1.29, 1.82) is 0 Å². The molecule has 3 N–H and O–H groups in total. The van der Waals surface area contributed by atoms with Crippen LogP contribution in [-0.2, 0) is 17.6 Å². The highest BCUT2D eigenvalue weighted by molar-refractivity contribution is 7.18. The van der Waals surface area contributed by atoms with Gasteiger partial charge in [-0.05, 0) is 72.8 Å². The van der Waals surface area contributed by atoms with Crippen molar-refractivity contribution in [3.8, 4) is 28.1 Å². The molecule has 9 heteroatoms. The van der Waals surface area contributed by atoms with Gasteiger partial charge in [0.25, 0.3) is 0 Å². The normalized spacial score (nSPS) is 15.9. The lowest BCUT2D eigenvalue weighted by molar-refractivity contribution is -0.130. The van der Waals surface area contributed by atoms with Gasteiger partial charge in [0.15, 0.2) is 0 Å². The van der Waals surface area contributed by atoms with Crippen LogP contribution in [0.15, 0.2) is 71.7 Å². The van der Waals surface area contributed by atoms with E-state index in [0.717, 1.165) is 52.8 Å². The summed E-state index contributed by atoms with van der Waals surface area (Å²) in [6.07, 6.45) is 6.50. The van der Waals surface area contributed by atoms with Crippen LogP contribution in [0.3, 0.4) is 0 Å². The molecular weight excluding hydrogens is 549 g/mol. The van der Waals surface area contributed by atoms with Crippen LogP contribution in [0.2, 0.25) is 0 Å². The van der Waals surface area contributed by atoms with Gasteiger partial charge in [-0.1, -0.05) is 18.7 Å². The van der Waals surface area contributed by atoms with Crippen molar-refractivity contribution in [2.45, 2.75) is 18.9 Å². The Balaban J connectivity index is 1.51. The standard InChI is InChI=1S/C33H32FN5O2S/c1-3-29(40)39-18-25(19-39)37-17-23(16-35)32-30(26-7-6-24(34)15-28(26)41-2)33-27(10-13-42-33)31(38-32)22-5-4-20-8-11-36-12-9-21(20)14-22/h3-7,10,13-17,25,36H,1,8-9,11-12,18-19,35H2,2H3. The molecule has 1 fully saturated rings. The Kier molecular flexibility index (Phi) is 7.86. The monoisotopic (exact) mass is 581 g/mol. The molecule has 0 radical (unpaired) electrons. The first-order chi connectivity index (χ1) is 20.5. The van der Waals surface area contributed by atoms with Gasteiger partial charge < -0.3 is 20.7 Å². The molecule has 42 heavy (non-hydrogen) atoms. The van der Waals surface area contributed by atoms with Gasteiger partial charge in [0, 0.05) is 63.9 Å². The summed E-state index contributed by atoms with van der Waals surface area (Å²) in [7, 11) is 1.53. The van der Waals surface area contributed by atoms with E-state index in [9.17, 15) is 9.18 Å². The van der Waals surface area contributed by atoms with Crippen molar-refractivity contribution < 1.29 is 13.9 Å². The van der Waals surface area contributed by atoms with E-state index >= 15 is 0 Å². The van der Waals surface area contributed by atoms with Crippen molar-refractivity contribution in [3.05, 3.63) is 89.3 Å². The number of ether oxygens (including phenoxy) is 1. The molecule has 0 unspecified atom stereocenters. The van der Waals surface area contributed by atoms with E-state index in [1.807, 2.05) is 5.38 Å². The van der Waals surface area contributed by atoms with E-state index in [1.54, 1.807) is 28.5 Å². The number of benzene rings is 2. The molecule has 2 aliphatic rings. The van der Waals surface area contributed by atoms with Crippen LogP contribution in [0.1, 0.15) is 16.8 Å². The number of hydrogen-bond donors (Lipinski definition) is 2. The largest absolute Gasteiger partial charge is 0.496 e. The summed E-state index contributed by atoms with van der Waals surface area (Å²) in [6.45, 7) is 6.51. The van der Waals surface area contributed by atoms with E-state index in [-0.39, 0.29) is 17.8 Å². The Morgan fingerprint density at radius 1 is 1.19 bits per heavy atom. The van der Waals surface area contributed by atoms with E-state index in [1.165, 1.54) is 42.6 Å². The van der Waals surface area contributed by atoms with Gasteiger partial charge in [-0.3, -0.25) is 9.79 Å². The lowest BCUT2D eigenvalue weighted by atomic mass is 9.94. The van der Waals surface area contributed by atoms with Gasteiger partial charge in [0.1, 0.15) is 11.6 Å². The van der Waals surface area contributed by atoms with Crippen molar-refractivity contribution in [3.63, 3.8) is 0 Å². The van der Waals surface area contributed by atoms with E-state index in [2.05, 4.69) is 36.2 Å². The molecule has 0 saturated carbocycles. The maximum atomic E-state index is 14.3. The third-order valence-electron chi connectivity index (χ3n) is 7.89. The number of likely N-dealkylation sites (tertiary alicyclic amines) is 1. The van der Waals surface area contributed by atoms with Gasteiger partial charge in [-0.15, -0.1) is 11.3 Å². The quantitative estimate of drug-likeness (QED) is 0.230. The topological polar surface area (TPSA) is 92.8 Å². The first-order valence-electron chi connectivity index (χ1n) is 14.0. The molecule has 214 valence electrons. The number of pyridine rings is 1.